The molecule has 0 aliphatic rings. The van der Waals surface area contributed by atoms with Crippen molar-refractivity contribution < 1.29 is 32.2 Å². The van der Waals surface area contributed by atoms with Crippen LogP contribution in [0.15, 0.2) is 48.8 Å². The topological polar surface area (TPSA) is 70.5 Å². The van der Waals surface area contributed by atoms with E-state index in [9.17, 15) is 18.0 Å². The second kappa shape index (κ2) is 10.9. The van der Waals surface area contributed by atoms with Crippen LogP contribution >= 0.6 is 11.6 Å². The van der Waals surface area contributed by atoms with E-state index in [4.69, 9.17) is 25.8 Å². The molecule has 1 aromatic heterocycles. The summed E-state index contributed by atoms with van der Waals surface area (Å²) in [6.45, 7) is 3.19. The molecule has 2 atom stereocenters. The number of hydrogen-bond donors (Lipinski definition) is 0. The minimum atomic E-state index is -4.55. The molecule has 0 saturated heterocycles. The molecule has 35 heavy (non-hydrogen) atoms. The van der Waals surface area contributed by atoms with Gasteiger partial charge in [-0.1, -0.05) is 30.7 Å². The summed E-state index contributed by atoms with van der Waals surface area (Å²) in [6, 6.07) is 9.32. The Morgan fingerprint density at radius 3 is 2.40 bits per heavy atom. The van der Waals surface area contributed by atoms with Crippen LogP contribution in [-0.2, 0) is 11.3 Å². The fourth-order valence-corrected chi connectivity index (χ4v) is 4.03. The average molecular weight is 509 g/mol. The number of nitrogens with zero attached hydrogens (tertiary/aromatic N) is 2. The van der Waals surface area contributed by atoms with E-state index >= 15 is 0 Å². The van der Waals surface area contributed by atoms with Gasteiger partial charge in [0.2, 0.25) is 0 Å². The number of rotatable bonds is 8. The van der Waals surface area contributed by atoms with Gasteiger partial charge in [0, 0.05) is 23.0 Å². The second-order valence-electron chi connectivity index (χ2n) is 7.88. The predicted molar refractivity (Wildman–Crippen MR) is 124 cm³/mol. The van der Waals surface area contributed by atoms with Gasteiger partial charge in [-0.05, 0) is 42.7 Å². The molecule has 3 rings (SSSR count). The largest absolute Gasteiger partial charge is 0.496 e. The molecule has 0 spiro atoms. The summed E-state index contributed by atoms with van der Waals surface area (Å²) in [5.41, 5.74) is 1.65. The van der Waals surface area contributed by atoms with Crippen molar-refractivity contribution >= 4 is 17.6 Å². The molecule has 0 N–H and O–H groups in total. The highest BCUT2D eigenvalue weighted by molar-refractivity contribution is 6.31. The fraction of sp³-hybridized carbons (Fsp3) is 0.320. The molecule has 0 aliphatic carbocycles. The lowest BCUT2D eigenvalue weighted by Gasteiger charge is -2.27. The number of carbonyl (C=O) groups excluding carboxylic acids is 1. The molecule has 2 aromatic carbocycles. The maximum absolute atomic E-state index is 14.0. The highest BCUT2D eigenvalue weighted by Gasteiger charge is 2.46. The van der Waals surface area contributed by atoms with E-state index in [0.717, 1.165) is 6.20 Å². The molecule has 186 valence electrons. The normalized spacial score (nSPS) is 13.1. The van der Waals surface area contributed by atoms with Crippen LogP contribution in [0.4, 0.5) is 13.2 Å². The Morgan fingerprint density at radius 1 is 1.09 bits per heavy atom. The van der Waals surface area contributed by atoms with Crippen molar-refractivity contribution in [2.45, 2.75) is 38.5 Å². The zero-order valence-electron chi connectivity index (χ0n) is 19.5. The average Bonchev–Trinajstić information content (AvgIpc) is 2.82. The SMILES string of the molecule is COC(=O)c1ccc(COc2ccc(C(C)C(c3cnc(C)cn3)C(F)(F)F)c(Cl)c2)c(OC)c1. The Balaban J connectivity index is 1.80. The number of methoxy groups -OCH3 is 2. The number of aromatic nitrogens is 2. The number of hydrogen-bond acceptors (Lipinski definition) is 6. The van der Waals surface area contributed by atoms with Crippen molar-refractivity contribution in [3.63, 3.8) is 0 Å². The number of ether oxygens (including phenoxy) is 3. The van der Waals surface area contributed by atoms with Gasteiger partial charge in [0.15, 0.2) is 0 Å². The van der Waals surface area contributed by atoms with Gasteiger partial charge in [-0.2, -0.15) is 13.2 Å². The smallest absolute Gasteiger partial charge is 0.397 e. The number of alkyl halides is 3. The van der Waals surface area contributed by atoms with Crippen molar-refractivity contribution in [3.8, 4) is 11.5 Å². The summed E-state index contributed by atoms with van der Waals surface area (Å²) in [5, 5.41) is 0.136. The molecular weight excluding hydrogens is 485 g/mol. The molecule has 0 aliphatic heterocycles. The van der Waals surface area contributed by atoms with Crippen LogP contribution in [0.5, 0.6) is 11.5 Å². The van der Waals surface area contributed by atoms with Crippen LogP contribution in [0.2, 0.25) is 5.02 Å². The Hall–Kier alpha value is -3.33. The molecule has 0 fully saturated rings. The third-order valence-corrected chi connectivity index (χ3v) is 5.86. The molecule has 0 radical (unpaired) electrons. The Kier molecular flexibility index (Phi) is 8.22. The molecular formula is C25H24ClF3N2O4. The zero-order chi connectivity index (χ0) is 25.8. The van der Waals surface area contributed by atoms with Crippen LogP contribution in [-0.4, -0.2) is 36.3 Å². The third-order valence-electron chi connectivity index (χ3n) is 5.54. The van der Waals surface area contributed by atoms with E-state index in [1.807, 2.05) is 0 Å². The van der Waals surface area contributed by atoms with Crippen LogP contribution in [0, 0.1) is 6.92 Å². The Labute approximate surface area is 206 Å². The van der Waals surface area contributed by atoms with Crippen LogP contribution in [0.25, 0.3) is 0 Å². The standard InChI is InChI=1S/C25H24ClF3N2O4/c1-14-11-31-21(12-30-14)23(25(27,28)29)15(2)19-8-7-18(10-20(19)26)35-13-17-6-5-16(24(32)34-4)9-22(17)33-3/h5-12,15,23H,13H2,1-4H3. The fourth-order valence-electron chi connectivity index (χ4n) is 3.69. The maximum atomic E-state index is 14.0. The number of halogens is 4. The van der Waals surface area contributed by atoms with Gasteiger partial charge < -0.3 is 14.2 Å². The lowest BCUT2D eigenvalue weighted by molar-refractivity contribution is -0.155. The predicted octanol–water partition coefficient (Wildman–Crippen LogP) is 6.26. The maximum Gasteiger partial charge on any atom is 0.397 e. The zero-order valence-corrected chi connectivity index (χ0v) is 20.3. The van der Waals surface area contributed by atoms with E-state index < -0.39 is 24.0 Å². The Bertz CT molecular complexity index is 1190. The van der Waals surface area contributed by atoms with Crippen molar-refractivity contribution in [3.05, 3.63) is 81.9 Å². The molecule has 2 unspecified atom stereocenters. The first-order valence-electron chi connectivity index (χ1n) is 10.6. The molecule has 6 nitrogen and oxygen atoms in total. The van der Waals surface area contributed by atoms with Gasteiger partial charge in [0.25, 0.3) is 0 Å². The van der Waals surface area contributed by atoms with Crippen LogP contribution in [0.1, 0.15) is 51.6 Å². The second-order valence-corrected chi connectivity index (χ2v) is 8.29. The van der Waals surface area contributed by atoms with E-state index in [2.05, 4.69) is 9.97 Å². The van der Waals surface area contributed by atoms with Gasteiger partial charge in [-0.15, -0.1) is 0 Å². The highest BCUT2D eigenvalue weighted by atomic mass is 35.5. The van der Waals surface area contributed by atoms with Gasteiger partial charge >= 0.3 is 12.1 Å². The summed E-state index contributed by atoms with van der Waals surface area (Å²) in [6.07, 6.45) is -2.09. The van der Waals surface area contributed by atoms with Crippen molar-refractivity contribution in [1.29, 1.82) is 0 Å². The van der Waals surface area contributed by atoms with Crippen molar-refractivity contribution in [2.24, 2.45) is 0 Å². The minimum Gasteiger partial charge on any atom is -0.496 e. The summed E-state index contributed by atoms with van der Waals surface area (Å²) in [4.78, 5) is 19.6. The van der Waals surface area contributed by atoms with E-state index in [1.165, 1.54) is 45.5 Å². The van der Waals surface area contributed by atoms with Gasteiger partial charge in [0.1, 0.15) is 24.0 Å². The molecule has 0 bridgehead atoms. The summed E-state index contributed by atoms with van der Waals surface area (Å²) < 4.78 is 57.7. The van der Waals surface area contributed by atoms with Crippen LogP contribution in [0.3, 0.4) is 0 Å². The first-order valence-corrected chi connectivity index (χ1v) is 11.0. The molecule has 3 aromatic rings. The molecule has 1 heterocycles. The van der Waals surface area contributed by atoms with Crippen molar-refractivity contribution in [1.82, 2.24) is 9.97 Å². The number of aryl methyl sites for hydroxylation is 1. The quantitative estimate of drug-likeness (QED) is 0.334. The first-order chi connectivity index (χ1) is 16.5. The molecule has 0 saturated carbocycles. The number of carbonyl (C=O) groups is 1. The lowest BCUT2D eigenvalue weighted by atomic mass is 9.84. The van der Waals surface area contributed by atoms with Gasteiger partial charge in [-0.25, -0.2) is 4.79 Å². The minimum absolute atomic E-state index is 0.0833. The summed E-state index contributed by atoms with van der Waals surface area (Å²) in [5.74, 6) is -2.60. The molecule has 10 heteroatoms. The highest BCUT2D eigenvalue weighted by Crippen LogP contribution is 2.46. The number of esters is 1. The lowest BCUT2D eigenvalue weighted by Crippen LogP contribution is -2.27. The molecule has 0 amide bonds. The first kappa shape index (κ1) is 26.3. The third kappa shape index (κ3) is 6.22. The van der Waals surface area contributed by atoms with Crippen LogP contribution < -0.4 is 9.47 Å². The number of benzene rings is 2. The van der Waals surface area contributed by atoms with Crippen molar-refractivity contribution in [2.75, 3.05) is 14.2 Å². The van der Waals surface area contributed by atoms with E-state index in [1.54, 1.807) is 25.1 Å². The Morgan fingerprint density at radius 2 is 1.83 bits per heavy atom. The van der Waals surface area contributed by atoms with E-state index in [-0.39, 0.29) is 17.3 Å². The van der Waals surface area contributed by atoms with Gasteiger partial charge in [0.05, 0.1) is 31.2 Å². The summed E-state index contributed by atoms with van der Waals surface area (Å²) >= 11 is 6.38. The van der Waals surface area contributed by atoms with Gasteiger partial charge in [-0.3, -0.25) is 9.97 Å². The summed E-state index contributed by atoms with van der Waals surface area (Å²) in [7, 11) is 2.74. The van der Waals surface area contributed by atoms with E-state index in [0.29, 0.717) is 33.9 Å². The monoisotopic (exact) mass is 508 g/mol.